The van der Waals surface area contributed by atoms with Crippen LogP contribution in [-0.2, 0) is 11.6 Å². The third-order valence-electron chi connectivity index (χ3n) is 3.15. The molecule has 0 unspecified atom stereocenters. The highest BCUT2D eigenvalue weighted by atomic mass is 19.4. The molecule has 0 spiro atoms. The minimum absolute atomic E-state index is 0.152. The van der Waals surface area contributed by atoms with E-state index in [-0.39, 0.29) is 6.04 Å². The Balaban J connectivity index is 2.49. The topological polar surface area (TPSA) is 26.0 Å². The summed E-state index contributed by atoms with van der Waals surface area (Å²) < 4.78 is 38.1. The molecule has 15 heavy (non-hydrogen) atoms. The van der Waals surface area contributed by atoms with Crippen LogP contribution in [0, 0.1) is 0 Å². The maximum absolute atomic E-state index is 12.7. The van der Waals surface area contributed by atoms with Gasteiger partial charge in [-0.05, 0) is 18.1 Å². The molecule has 1 fully saturated rings. The number of halogens is 3. The quantitative estimate of drug-likeness (QED) is 0.765. The Labute approximate surface area is 86.1 Å². The zero-order valence-electron chi connectivity index (χ0n) is 8.31. The van der Waals surface area contributed by atoms with Crippen LogP contribution in [0.1, 0.15) is 24.5 Å². The highest BCUT2D eigenvalue weighted by Crippen LogP contribution is 2.50. The fourth-order valence-electron chi connectivity index (χ4n) is 1.94. The minimum atomic E-state index is -4.29. The molecule has 1 aromatic carbocycles. The Morgan fingerprint density at radius 2 is 1.87 bits per heavy atom. The Hall–Kier alpha value is -1.03. The van der Waals surface area contributed by atoms with Crippen LogP contribution < -0.4 is 5.73 Å². The summed E-state index contributed by atoms with van der Waals surface area (Å²) >= 11 is 0. The second-order valence-electron chi connectivity index (χ2n) is 4.27. The monoisotopic (exact) mass is 215 g/mol. The Kier molecular flexibility index (Phi) is 2.08. The highest BCUT2D eigenvalue weighted by molar-refractivity contribution is 5.42. The largest absolute Gasteiger partial charge is 0.416 e. The van der Waals surface area contributed by atoms with E-state index in [1.165, 1.54) is 12.1 Å². The van der Waals surface area contributed by atoms with Crippen molar-refractivity contribution in [3.05, 3.63) is 35.4 Å². The van der Waals surface area contributed by atoms with Gasteiger partial charge in [-0.25, -0.2) is 0 Å². The summed E-state index contributed by atoms with van der Waals surface area (Å²) in [7, 11) is 0. The van der Waals surface area contributed by atoms with E-state index in [1.807, 2.05) is 0 Å². The van der Waals surface area contributed by atoms with Crippen molar-refractivity contribution in [2.24, 2.45) is 5.73 Å². The van der Waals surface area contributed by atoms with E-state index >= 15 is 0 Å². The molecule has 1 nitrogen and oxygen atoms in total. The van der Waals surface area contributed by atoms with Crippen molar-refractivity contribution < 1.29 is 13.2 Å². The Bertz CT molecular complexity index is 386. The van der Waals surface area contributed by atoms with E-state index in [0.29, 0.717) is 12.0 Å². The maximum atomic E-state index is 12.7. The van der Waals surface area contributed by atoms with Crippen LogP contribution in [0.15, 0.2) is 24.3 Å². The molecule has 0 bridgehead atoms. The van der Waals surface area contributed by atoms with E-state index in [0.717, 1.165) is 6.07 Å². The first kappa shape index (κ1) is 10.5. The van der Waals surface area contributed by atoms with E-state index < -0.39 is 17.2 Å². The summed E-state index contributed by atoms with van der Waals surface area (Å²) in [5.41, 5.74) is 4.95. The number of alkyl halides is 3. The van der Waals surface area contributed by atoms with Crippen LogP contribution in [0.5, 0.6) is 0 Å². The Morgan fingerprint density at radius 1 is 1.33 bits per heavy atom. The van der Waals surface area contributed by atoms with Gasteiger partial charge in [-0.1, -0.05) is 25.1 Å². The Morgan fingerprint density at radius 3 is 2.33 bits per heavy atom. The lowest BCUT2D eigenvalue weighted by atomic mass is 9.92. The van der Waals surface area contributed by atoms with Gasteiger partial charge < -0.3 is 5.73 Å². The first-order valence-electron chi connectivity index (χ1n) is 4.78. The lowest BCUT2D eigenvalue weighted by Gasteiger charge is -2.17. The van der Waals surface area contributed by atoms with E-state index in [2.05, 4.69) is 0 Å². The number of hydrogen-bond donors (Lipinski definition) is 1. The van der Waals surface area contributed by atoms with Gasteiger partial charge in [0.25, 0.3) is 0 Å². The standard InChI is InChI=1S/C11H12F3N/c1-10(6-9(10)15)7-4-2-3-5-8(7)11(12,13)14/h2-5,9H,6,15H2,1H3/t9-,10+/m0/s1. The van der Waals surface area contributed by atoms with E-state index in [4.69, 9.17) is 5.73 Å². The predicted molar refractivity (Wildman–Crippen MR) is 51.4 cm³/mol. The van der Waals surface area contributed by atoms with Gasteiger partial charge in [0, 0.05) is 11.5 Å². The fourth-order valence-corrected chi connectivity index (χ4v) is 1.94. The molecule has 2 N–H and O–H groups in total. The predicted octanol–water partition coefficient (Wildman–Crippen LogP) is 2.69. The van der Waals surface area contributed by atoms with Crippen molar-refractivity contribution in [2.75, 3.05) is 0 Å². The molecule has 0 amide bonds. The average molecular weight is 215 g/mol. The molecule has 82 valence electrons. The average Bonchev–Trinajstić information content (AvgIpc) is 2.75. The van der Waals surface area contributed by atoms with E-state index in [9.17, 15) is 13.2 Å². The van der Waals surface area contributed by atoms with Gasteiger partial charge in [0.05, 0.1) is 5.56 Å². The van der Waals surface area contributed by atoms with Gasteiger partial charge >= 0.3 is 6.18 Å². The molecule has 0 aromatic heterocycles. The molecule has 0 heterocycles. The summed E-state index contributed by atoms with van der Waals surface area (Å²) in [6.07, 6.45) is -3.66. The third-order valence-corrected chi connectivity index (χ3v) is 3.15. The molecule has 0 saturated heterocycles. The summed E-state index contributed by atoms with van der Waals surface area (Å²) in [4.78, 5) is 0. The molecular weight excluding hydrogens is 203 g/mol. The van der Waals surface area contributed by atoms with Crippen LogP contribution in [0.2, 0.25) is 0 Å². The second kappa shape index (κ2) is 2.98. The highest BCUT2D eigenvalue weighted by Gasteiger charge is 2.52. The summed E-state index contributed by atoms with van der Waals surface area (Å²) in [6.45, 7) is 1.78. The molecule has 2 rings (SSSR count). The zero-order chi connectivity index (χ0) is 11.3. The molecule has 1 aromatic rings. The molecule has 1 aliphatic carbocycles. The molecule has 4 heteroatoms. The fraction of sp³-hybridized carbons (Fsp3) is 0.455. The molecule has 0 radical (unpaired) electrons. The van der Waals surface area contributed by atoms with Gasteiger partial charge in [0.15, 0.2) is 0 Å². The van der Waals surface area contributed by atoms with Crippen molar-refractivity contribution in [3.8, 4) is 0 Å². The third kappa shape index (κ3) is 1.63. The van der Waals surface area contributed by atoms with Crippen molar-refractivity contribution in [3.63, 3.8) is 0 Å². The van der Waals surface area contributed by atoms with Crippen LogP contribution in [0.3, 0.4) is 0 Å². The molecule has 1 saturated carbocycles. The first-order valence-corrected chi connectivity index (χ1v) is 4.78. The summed E-state index contributed by atoms with van der Waals surface area (Å²) in [6, 6.07) is 5.52. The van der Waals surface area contributed by atoms with Crippen molar-refractivity contribution >= 4 is 0 Å². The van der Waals surface area contributed by atoms with Crippen LogP contribution >= 0.6 is 0 Å². The number of rotatable bonds is 1. The minimum Gasteiger partial charge on any atom is -0.327 e. The maximum Gasteiger partial charge on any atom is 0.416 e. The van der Waals surface area contributed by atoms with Crippen molar-refractivity contribution in [1.82, 2.24) is 0 Å². The van der Waals surface area contributed by atoms with Gasteiger partial charge in [-0.2, -0.15) is 13.2 Å². The summed E-state index contributed by atoms with van der Waals surface area (Å²) in [5, 5.41) is 0. The molecule has 2 atom stereocenters. The zero-order valence-corrected chi connectivity index (χ0v) is 8.31. The van der Waals surface area contributed by atoms with Crippen molar-refractivity contribution in [2.45, 2.75) is 31.0 Å². The molecular formula is C11H12F3N. The van der Waals surface area contributed by atoms with Gasteiger partial charge in [-0.3, -0.25) is 0 Å². The number of benzene rings is 1. The van der Waals surface area contributed by atoms with Gasteiger partial charge in [0.1, 0.15) is 0 Å². The van der Waals surface area contributed by atoms with Crippen LogP contribution in [0.25, 0.3) is 0 Å². The second-order valence-corrected chi connectivity index (χ2v) is 4.27. The smallest absolute Gasteiger partial charge is 0.327 e. The number of hydrogen-bond acceptors (Lipinski definition) is 1. The van der Waals surface area contributed by atoms with Gasteiger partial charge in [0.2, 0.25) is 0 Å². The SMILES string of the molecule is C[C@]1(c2ccccc2C(F)(F)F)C[C@@H]1N. The molecule has 1 aliphatic rings. The van der Waals surface area contributed by atoms with Crippen LogP contribution in [-0.4, -0.2) is 6.04 Å². The normalized spacial score (nSPS) is 30.3. The van der Waals surface area contributed by atoms with E-state index in [1.54, 1.807) is 13.0 Å². The van der Waals surface area contributed by atoms with Gasteiger partial charge in [-0.15, -0.1) is 0 Å². The van der Waals surface area contributed by atoms with Crippen molar-refractivity contribution in [1.29, 1.82) is 0 Å². The summed E-state index contributed by atoms with van der Waals surface area (Å²) in [5.74, 6) is 0. The molecule has 0 aliphatic heterocycles. The first-order chi connectivity index (χ1) is 6.86. The lowest BCUT2D eigenvalue weighted by molar-refractivity contribution is -0.138. The lowest BCUT2D eigenvalue weighted by Crippen LogP contribution is -2.19. The number of nitrogens with two attached hydrogens (primary N) is 1. The van der Waals surface area contributed by atoms with Crippen LogP contribution in [0.4, 0.5) is 13.2 Å².